The Morgan fingerprint density at radius 1 is 0.750 bits per heavy atom. The second kappa shape index (κ2) is 3.81. The van der Waals surface area contributed by atoms with E-state index in [4.69, 9.17) is 0 Å². The molecule has 0 aliphatic heterocycles. The number of rotatable bonds is 1. The molecule has 12 heavy (non-hydrogen) atoms. The van der Waals surface area contributed by atoms with E-state index in [2.05, 4.69) is 6.92 Å². The zero-order chi connectivity index (χ0) is 8.39. The molecule has 0 radical (unpaired) electrons. The summed E-state index contributed by atoms with van der Waals surface area (Å²) in [5, 5.41) is 0. The van der Waals surface area contributed by atoms with Gasteiger partial charge in [-0.25, -0.2) is 0 Å². The lowest BCUT2D eigenvalue weighted by molar-refractivity contribution is 0.175. The standard InChI is InChI=1S/C12H22/c1-10-5-2-3-6-12(9-10)11-7-4-8-11/h10-12H,2-9H2,1H3. The Bertz CT molecular complexity index is 135. The van der Waals surface area contributed by atoms with Crippen LogP contribution in [-0.2, 0) is 0 Å². The van der Waals surface area contributed by atoms with Crippen molar-refractivity contribution >= 4 is 0 Å². The largest absolute Gasteiger partial charge is 0.0625 e. The molecule has 0 nitrogen and oxygen atoms in total. The Labute approximate surface area is 76.7 Å². The first-order valence-corrected chi connectivity index (χ1v) is 5.86. The zero-order valence-corrected chi connectivity index (χ0v) is 8.39. The highest BCUT2D eigenvalue weighted by Crippen LogP contribution is 2.41. The smallest absolute Gasteiger partial charge is 0.0383 e. The van der Waals surface area contributed by atoms with Crippen LogP contribution < -0.4 is 0 Å². The maximum atomic E-state index is 2.46. The highest BCUT2D eigenvalue weighted by atomic mass is 14.3. The third-order valence-corrected chi connectivity index (χ3v) is 4.04. The molecule has 0 bridgehead atoms. The van der Waals surface area contributed by atoms with Gasteiger partial charge in [0.15, 0.2) is 0 Å². The van der Waals surface area contributed by atoms with Gasteiger partial charge in [-0.1, -0.05) is 51.9 Å². The first-order valence-electron chi connectivity index (χ1n) is 5.86. The van der Waals surface area contributed by atoms with Crippen molar-refractivity contribution in [2.45, 2.75) is 58.3 Å². The topological polar surface area (TPSA) is 0 Å². The summed E-state index contributed by atoms with van der Waals surface area (Å²) in [5.74, 6) is 3.29. The van der Waals surface area contributed by atoms with Crippen molar-refractivity contribution in [2.75, 3.05) is 0 Å². The van der Waals surface area contributed by atoms with Crippen LogP contribution in [-0.4, -0.2) is 0 Å². The molecule has 2 unspecified atom stereocenters. The molecule has 0 heterocycles. The third kappa shape index (κ3) is 1.84. The fourth-order valence-corrected chi connectivity index (χ4v) is 2.99. The van der Waals surface area contributed by atoms with Gasteiger partial charge in [-0.2, -0.15) is 0 Å². The summed E-state index contributed by atoms with van der Waals surface area (Å²) in [7, 11) is 0. The molecule has 2 atom stereocenters. The molecule has 2 saturated carbocycles. The molecule has 0 spiro atoms. The van der Waals surface area contributed by atoms with Gasteiger partial charge in [0.05, 0.1) is 0 Å². The van der Waals surface area contributed by atoms with E-state index in [1.807, 2.05) is 0 Å². The van der Waals surface area contributed by atoms with Crippen molar-refractivity contribution in [1.82, 2.24) is 0 Å². The summed E-state index contributed by atoms with van der Waals surface area (Å²) in [6, 6.07) is 0. The van der Waals surface area contributed by atoms with Crippen LogP contribution in [0.4, 0.5) is 0 Å². The monoisotopic (exact) mass is 166 g/mol. The molecule has 2 fully saturated rings. The quantitative estimate of drug-likeness (QED) is 0.516. The minimum Gasteiger partial charge on any atom is -0.0625 e. The van der Waals surface area contributed by atoms with Crippen LogP contribution in [0, 0.1) is 17.8 Å². The minimum atomic E-state index is 1.03. The van der Waals surface area contributed by atoms with Crippen molar-refractivity contribution in [1.29, 1.82) is 0 Å². The van der Waals surface area contributed by atoms with Crippen LogP contribution in [0.1, 0.15) is 58.3 Å². The average Bonchev–Trinajstić information content (AvgIpc) is 2.10. The van der Waals surface area contributed by atoms with Crippen LogP contribution in [0.25, 0.3) is 0 Å². The van der Waals surface area contributed by atoms with E-state index in [-0.39, 0.29) is 0 Å². The average molecular weight is 166 g/mol. The molecular formula is C12H22. The fourth-order valence-electron chi connectivity index (χ4n) is 2.99. The van der Waals surface area contributed by atoms with Crippen molar-refractivity contribution in [3.05, 3.63) is 0 Å². The molecule has 0 N–H and O–H groups in total. The van der Waals surface area contributed by atoms with E-state index >= 15 is 0 Å². The minimum absolute atomic E-state index is 1.03. The molecule has 0 amide bonds. The Kier molecular flexibility index (Phi) is 2.73. The highest BCUT2D eigenvalue weighted by molar-refractivity contribution is 4.80. The van der Waals surface area contributed by atoms with Gasteiger partial charge in [-0.3, -0.25) is 0 Å². The van der Waals surface area contributed by atoms with Crippen molar-refractivity contribution in [3.63, 3.8) is 0 Å². The first-order chi connectivity index (χ1) is 5.86. The van der Waals surface area contributed by atoms with Crippen molar-refractivity contribution in [3.8, 4) is 0 Å². The van der Waals surface area contributed by atoms with Gasteiger partial charge < -0.3 is 0 Å². The van der Waals surface area contributed by atoms with E-state index in [1.165, 1.54) is 25.7 Å². The lowest BCUT2D eigenvalue weighted by Crippen LogP contribution is -2.22. The van der Waals surface area contributed by atoms with Crippen LogP contribution in [0.3, 0.4) is 0 Å². The van der Waals surface area contributed by atoms with Gasteiger partial charge >= 0.3 is 0 Å². The van der Waals surface area contributed by atoms with E-state index in [0.717, 1.165) is 17.8 Å². The predicted octanol–water partition coefficient (Wildman–Crippen LogP) is 4.00. The summed E-state index contributed by atoms with van der Waals surface area (Å²) >= 11 is 0. The second-order valence-electron chi connectivity index (χ2n) is 5.08. The summed E-state index contributed by atoms with van der Waals surface area (Å²) in [4.78, 5) is 0. The van der Waals surface area contributed by atoms with Gasteiger partial charge in [0, 0.05) is 0 Å². The Morgan fingerprint density at radius 2 is 1.42 bits per heavy atom. The van der Waals surface area contributed by atoms with Crippen molar-refractivity contribution in [2.24, 2.45) is 17.8 Å². The molecule has 0 aromatic carbocycles. The fraction of sp³-hybridized carbons (Fsp3) is 1.00. The van der Waals surface area contributed by atoms with Crippen LogP contribution >= 0.6 is 0 Å². The van der Waals surface area contributed by atoms with Crippen LogP contribution in [0.5, 0.6) is 0 Å². The van der Waals surface area contributed by atoms with Gasteiger partial charge in [-0.05, 0) is 24.2 Å². The van der Waals surface area contributed by atoms with Crippen LogP contribution in [0.15, 0.2) is 0 Å². The predicted molar refractivity (Wildman–Crippen MR) is 53.1 cm³/mol. The Hall–Kier alpha value is 0. The molecule has 2 aliphatic carbocycles. The van der Waals surface area contributed by atoms with E-state index in [1.54, 1.807) is 25.7 Å². The molecule has 70 valence electrons. The summed E-state index contributed by atoms with van der Waals surface area (Å²) < 4.78 is 0. The second-order valence-corrected chi connectivity index (χ2v) is 5.08. The van der Waals surface area contributed by atoms with E-state index in [0.29, 0.717) is 0 Å². The summed E-state index contributed by atoms with van der Waals surface area (Å²) in [6.45, 7) is 2.46. The Morgan fingerprint density at radius 3 is 2.08 bits per heavy atom. The highest BCUT2D eigenvalue weighted by Gasteiger charge is 2.29. The molecule has 2 rings (SSSR count). The summed E-state index contributed by atoms with van der Waals surface area (Å²) in [5.41, 5.74) is 0. The molecule has 2 aliphatic rings. The van der Waals surface area contributed by atoms with Gasteiger partial charge in [0.1, 0.15) is 0 Å². The van der Waals surface area contributed by atoms with Crippen molar-refractivity contribution < 1.29 is 0 Å². The summed E-state index contributed by atoms with van der Waals surface area (Å²) in [6.07, 6.45) is 12.3. The third-order valence-electron chi connectivity index (χ3n) is 4.04. The van der Waals surface area contributed by atoms with Crippen LogP contribution in [0.2, 0.25) is 0 Å². The molecular weight excluding hydrogens is 144 g/mol. The van der Waals surface area contributed by atoms with Gasteiger partial charge in [0.2, 0.25) is 0 Å². The normalized spacial score (nSPS) is 38.8. The van der Waals surface area contributed by atoms with Gasteiger partial charge in [-0.15, -0.1) is 0 Å². The van der Waals surface area contributed by atoms with E-state index in [9.17, 15) is 0 Å². The molecule has 0 aromatic rings. The lowest BCUT2D eigenvalue weighted by atomic mass is 9.72. The lowest BCUT2D eigenvalue weighted by Gasteiger charge is -2.34. The molecule has 0 heteroatoms. The molecule has 0 aromatic heterocycles. The maximum Gasteiger partial charge on any atom is -0.0383 e. The number of hydrogen-bond donors (Lipinski definition) is 0. The molecule has 0 saturated heterocycles. The zero-order valence-electron chi connectivity index (χ0n) is 8.39. The van der Waals surface area contributed by atoms with Gasteiger partial charge in [0.25, 0.3) is 0 Å². The first kappa shape index (κ1) is 8.59. The Balaban J connectivity index is 1.85. The SMILES string of the molecule is CC1CCCCC(C2CCC2)C1. The maximum absolute atomic E-state index is 2.46. The van der Waals surface area contributed by atoms with E-state index < -0.39 is 0 Å². The number of hydrogen-bond acceptors (Lipinski definition) is 0.